The van der Waals surface area contributed by atoms with E-state index >= 15 is 0 Å². The molecule has 0 unspecified atom stereocenters. The smallest absolute Gasteiger partial charge is 0.308 e. The molecule has 3 amide bonds. The Labute approximate surface area is 201 Å². The van der Waals surface area contributed by atoms with Gasteiger partial charge in [0.15, 0.2) is 20.1 Å². The summed E-state index contributed by atoms with van der Waals surface area (Å²) >= 11 is 8.27. The maximum Gasteiger partial charge on any atom is 0.325 e. The van der Waals surface area contributed by atoms with Gasteiger partial charge >= 0.3 is 6.03 Å². The summed E-state index contributed by atoms with van der Waals surface area (Å²) in [5.74, 6) is -0.336. The van der Waals surface area contributed by atoms with Gasteiger partial charge in [0.25, 0.3) is 0 Å². The van der Waals surface area contributed by atoms with E-state index in [2.05, 4.69) is 25.9 Å². The minimum absolute atomic E-state index is 0.0153. The summed E-state index contributed by atoms with van der Waals surface area (Å²) < 4.78 is 24.1. The summed E-state index contributed by atoms with van der Waals surface area (Å²) in [5.41, 5.74) is 1.61. The number of benzene rings is 2. The largest absolute Gasteiger partial charge is 0.325 e. The van der Waals surface area contributed by atoms with Crippen molar-refractivity contribution in [1.29, 1.82) is 0 Å². The molecule has 33 heavy (non-hydrogen) atoms. The highest BCUT2D eigenvalue weighted by atomic mass is 35.5. The Bertz CT molecular complexity index is 1470. The molecule has 3 N–H and O–H groups in total. The molecule has 2 heterocycles. The van der Waals surface area contributed by atoms with Gasteiger partial charge in [-0.2, -0.15) is 0 Å². The fraction of sp³-hybridized carbons (Fsp3) is 0.100. The van der Waals surface area contributed by atoms with Crippen LogP contribution in [0.25, 0.3) is 10.2 Å². The number of thiazole rings is 2. The van der Waals surface area contributed by atoms with Crippen molar-refractivity contribution in [3.63, 3.8) is 0 Å². The first-order valence-electron chi connectivity index (χ1n) is 9.34. The highest BCUT2D eigenvalue weighted by Gasteiger charge is 2.14. The summed E-state index contributed by atoms with van der Waals surface area (Å²) in [5, 5.41) is 10.8. The minimum Gasteiger partial charge on any atom is -0.308 e. The first-order valence-corrected chi connectivity index (χ1v) is 13.3. The Kier molecular flexibility index (Phi) is 6.61. The zero-order valence-electron chi connectivity index (χ0n) is 17.0. The number of hydrogen-bond acceptors (Lipinski definition) is 8. The average molecular weight is 522 g/mol. The van der Waals surface area contributed by atoms with Crippen LogP contribution in [0.4, 0.5) is 20.7 Å². The molecule has 0 atom stereocenters. The lowest BCUT2D eigenvalue weighted by Crippen LogP contribution is -2.19. The monoisotopic (exact) mass is 521 g/mol. The molecule has 4 rings (SSSR count). The molecule has 0 radical (unpaired) electrons. The van der Waals surface area contributed by atoms with E-state index in [1.165, 1.54) is 34.8 Å². The van der Waals surface area contributed by atoms with Gasteiger partial charge in [-0.05, 0) is 36.4 Å². The number of aromatic nitrogens is 2. The lowest BCUT2D eigenvalue weighted by molar-refractivity contribution is -0.115. The molecule has 0 saturated carbocycles. The molecule has 0 aliphatic carbocycles. The molecule has 4 aromatic rings. The van der Waals surface area contributed by atoms with Crippen LogP contribution in [-0.4, -0.2) is 36.6 Å². The van der Waals surface area contributed by atoms with E-state index in [0.717, 1.165) is 6.26 Å². The summed E-state index contributed by atoms with van der Waals surface area (Å²) in [6.45, 7) is 0. The maximum atomic E-state index is 12.4. The topological polar surface area (TPSA) is 130 Å². The Morgan fingerprint density at radius 3 is 2.61 bits per heavy atom. The van der Waals surface area contributed by atoms with E-state index < -0.39 is 15.9 Å². The van der Waals surface area contributed by atoms with Crippen LogP contribution in [-0.2, 0) is 21.1 Å². The number of amides is 3. The van der Waals surface area contributed by atoms with Crippen LogP contribution in [0.15, 0.2) is 52.7 Å². The number of hydrogen-bond donors (Lipinski definition) is 3. The van der Waals surface area contributed by atoms with Gasteiger partial charge in [0.2, 0.25) is 5.91 Å². The lowest BCUT2D eigenvalue weighted by atomic mass is 10.3. The summed E-state index contributed by atoms with van der Waals surface area (Å²) in [7, 11) is -3.33. The number of urea groups is 1. The second-order valence-electron chi connectivity index (χ2n) is 6.88. The van der Waals surface area contributed by atoms with Gasteiger partial charge in [0, 0.05) is 22.3 Å². The molecule has 170 valence electrons. The highest BCUT2D eigenvalue weighted by molar-refractivity contribution is 7.90. The number of carbonyl (C=O) groups excluding carboxylic acids is 2. The number of nitrogens with one attached hydrogen (secondary N) is 3. The number of fused-ring (bicyclic) bond motifs is 1. The average Bonchev–Trinajstić information content (AvgIpc) is 3.32. The minimum atomic E-state index is -3.33. The van der Waals surface area contributed by atoms with Gasteiger partial charge in [0.1, 0.15) is 0 Å². The van der Waals surface area contributed by atoms with Crippen LogP contribution in [0, 0.1) is 0 Å². The van der Waals surface area contributed by atoms with Crippen LogP contribution in [0.2, 0.25) is 5.02 Å². The van der Waals surface area contributed by atoms with Crippen LogP contribution in [0.3, 0.4) is 0 Å². The van der Waals surface area contributed by atoms with E-state index in [9.17, 15) is 18.0 Å². The van der Waals surface area contributed by atoms with Crippen LogP contribution in [0.5, 0.6) is 0 Å². The first-order chi connectivity index (χ1) is 15.7. The lowest BCUT2D eigenvalue weighted by Gasteiger charge is -2.05. The van der Waals surface area contributed by atoms with Gasteiger partial charge in [-0.25, -0.2) is 23.2 Å². The van der Waals surface area contributed by atoms with E-state index in [-0.39, 0.29) is 17.2 Å². The van der Waals surface area contributed by atoms with Crippen LogP contribution in [0.1, 0.15) is 5.69 Å². The van der Waals surface area contributed by atoms with E-state index in [1.807, 2.05) is 0 Å². The number of carbonyl (C=O) groups is 2. The van der Waals surface area contributed by atoms with Crippen molar-refractivity contribution in [3.05, 3.63) is 58.6 Å². The fourth-order valence-electron chi connectivity index (χ4n) is 2.79. The summed E-state index contributed by atoms with van der Waals surface area (Å²) in [6, 6.07) is 10.9. The Hall–Kier alpha value is -3.06. The van der Waals surface area contributed by atoms with Crippen molar-refractivity contribution in [3.8, 4) is 0 Å². The normalized spacial score (nSPS) is 11.3. The quantitative estimate of drug-likeness (QED) is 0.339. The molecule has 0 bridgehead atoms. The molecule has 13 heteroatoms. The van der Waals surface area contributed by atoms with Crippen molar-refractivity contribution in [2.45, 2.75) is 11.3 Å². The van der Waals surface area contributed by atoms with Gasteiger partial charge in [0.05, 0.1) is 27.2 Å². The molecular weight excluding hydrogens is 506 g/mol. The van der Waals surface area contributed by atoms with E-state index in [0.29, 0.717) is 36.9 Å². The Morgan fingerprint density at radius 2 is 1.85 bits per heavy atom. The molecule has 2 aromatic heterocycles. The second kappa shape index (κ2) is 9.43. The van der Waals surface area contributed by atoms with Gasteiger partial charge in [-0.3, -0.25) is 10.1 Å². The highest BCUT2D eigenvalue weighted by Crippen LogP contribution is 2.28. The van der Waals surface area contributed by atoms with Gasteiger partial charge in [-0.1, -0.05) is 29.0 Å². The predicted molar refractivity (Wildman–Crippen MR) is 131 cm³/mol. The van der Waals surface area contributed by atoms with Gasteiger partial charge in [-0.15, -0.1) is 11.3 Å². The molecule has 0 aliphatic rings. The first kappa shape index (κ1) is 23.1. The second-order valence-corrected chi connectivity index (χ2v) is 11.2. The van der Waals surface area contributed by atoms with Crippen molar-refractivity contribution in [2.75, 3.05) is 22.2 Å². The van der Waals surface area contributed by atoms with Crippen molar-refractivity contribution < 1.29 is 18.0 Å². The number of rotatable bonds is 6. The van der Waals surface area contributed by atoms with E-state index in [4.69, 9.17) is 11.6 Å². The van der Waals surface area contributed by atoms with Crippen molar-refractivity contribution >= 4 is 82.2 Å². The Morgan fingerprint density at radius 1 is 1.03 bits per heavy atom. The maximum absolute atomic E-state index is 12.4. The third-order valence-corrected chi connectivity index (χ3v) is 7.32. The van der Waals surface area contributed by atoms with Crippen LogP contribution < -0.4 is 16.0 Å². The molecule has 0 fully saturated rings. The van der Waals surface area contributed by atoms with Gasteiger partial charge < -0.3 is 10.6 Å². The van der Waals surface area contributed by atoms with Crippen molar-refractivity contribution in [1.82, 2.24) is 9.97 Å². The Balaban J connectivity index is 1.35. The molecule has 0 saturated heterocycles. The zero-order chi connectivity index (χ0) is 23.6. The fourth-order valence-corrected chi connectivity index (χ4v) is 5.33. The molecule has 2 aromatic carbocycles. The summed E-state index contributed by atoms with van der Waals surface area (Å²) in [6.07, 6.45) is 1.12. The number of sulfone groups is 1. The van der Waals surface area contributed by atoms with Crippen molar-refractivity contribution in [2.24, 2.45) is 0 Å². The van der Waals surface area contributed by atoms with Crippen LogP contribution >= 0.6 is 34.3 Å². The standard InChI is InChI=1S/C20H16ClN5O4S3/c1-33(29,30)14-5-6-15-16(9-14)32-20(24-15)25-17(27)8-13-10-31-19(23-13)26-18(28)22-12-4-2-3-11(21)7-12/h2-7,9-10H,8H2,1H3,(H,24,25,27)(H2,22,23,26,28). The summed E-state index contributed by atoms with van der Waals surface area (Å²) in [4.78, 5) is 33.3. The number of nitrogens with zero attached hydrogens (tertiary/aromatic N) is 2. The van der Waals surface area contributed by atoms with E-state index in [1.54, 1.807) is 35.7 Å². The molecule has 9 nitrogen and oxygen atoms in total. The molecule has 0 aliphatic heterocycles. The SMILES string of the molecule is CS(=O)(=O)c1ccc2nc(NC(=O)Cc3csc(NC(=O)Nc4cccc(Cl)c4)n3)sc2c1. The third kappa shape index (κ3) is 6.05. The number of halogens is 1. The molecular formula is C20H16ClN5O4S3. The third-order valence-electron chi connectivity index (χ3n) is 4.23. The molecule has 0 spiro atoms. The number of anilines is 3. The zero-order valence-corrected chi connectivity index (χ0v) is 20.2. The predicted octanol–water partition coefficient (Wildman–Crippen LogP) is 4.63.